The first-order valence-corrected chi connectivity index (χ1v) is 13.2. The predicted octanol–water partition coefficient (Wildman–Crippen LogP) is 5.22. The monoisotopic (exact) mass is 508 g/mol. The Kier molecular flexibility index (Phi) is 7.99. The molecule has 0 amide bonds. The molecule has 1 aliphatic carbocycles. The van der Waals surface area contributed by atoms with E-state index in [1.165, 1.54) is 37.7 Å². The number of aromatic nitrogens is 3. The lowest BCUT2D eigenvalue weighted by atomic mass is 9.85. The highest BCUT2D eigenvalue weighted by Gasteiger charge is 2.38. The van der Waals surface area contributed by atoms with Crippen LogP contribution >= 0.6 is 11.6 Å². The predicted molar refractivity (Wildman–Crippen MR) is 138 cm³/mol. The first kappa shape index (κ1) is 24.9. The topological polar surface area (TPSA) is 80.5 Å². The van der Waals surface area contributed by atoms with Crippen LogP contribution < -0.4 is 0 Å². The minimum Gasteiger partial charge on any atom is -0.455 e. The molecule has 2 fully saturated rings. The zero-order valence-corrected chi connectivity index (χ0v) is 21.1. The standard InChI is InChI=1S/C28H33ClN4O3/c29-23-13-11-21(12-14-23)25-15-26(27(34)18-32(25)16-20-7-3-1-4-8-20)33-17-24(30-31-33)19-36-28(35)22-9-5-2-6-10-22/h2,5-6,9-14,17,20,25-27,34H,1,3-4,7-8,15-16,18-19H2/t25-,26+,27+/m1/s1. The van der Waals surface area contributed by atoms with Gasteiger partial charge < -0.3 is 9.84 Å². The van der Waals surface area contributed by atoms with Crippen molar-refractivity contribution in [2.75, 3.05) is 13.1 Å². The lowest BCUT2D eigenvalue weighted by Crippen LogP contribution is -2.48. The van der Waals surface area contributed by atoms with Crippen LogP contribution in [0.25, 0.3) is 0 Å². The summed E-state index contributed by atoms with van der Waals surface area (Å²) in [5.74, 6) is 0.276. The smallest absolute Gasteiger partial charge is 0.338 e. The van der Waals surface area contributed by atoms with Gasteiger partial charge in [-0.05, 0) is 55.0 Å². The van der Waals surface area contributed by atoms with E-state index < -0.39 is 12.1 Å². The van der Waals surface area contributed by atoms with E-state index in [1.807, 2.05) is 18.2 Å². The van der Waals surface area contributed by atoms with Gasteiger partial charge in [0.2, 0.25) is 0 Å². The van der Waals surface area contributed by atoms with Crippen molar-refractivity contribution >= 4 is 17.6 Å². The number of rotatable bonds is 7. The molecule has 2 heterocycles. The first-order valence-electron chi connectivity index (χ1n) is 12.9. The summed E-state index contributed by atoms with van der Waals surface area (Å²) in [6.45, 7) is 1.60. The van der Waals surface area contributed by atoms with Crippen molar-refractivity contribution in [1.29, 1.82) is 0 Å². The van der Waals surface area contributed by atoms with E-state index in [0.717, 1.165) is 11.6 Å². The number of aliphatic hydroxyl groups excluding tert-OH is 1. The van der Waals surface area contributed by atoms with Crippen molar-refractivity contribution < 1.29 is 14.6 Å². The van der Waals surface area contributed by atoms with Gasteiger partial charge in [0.05, 0.1) is 23.9 Å². The Morgan fingerprint density at radius 2 is 1.81 bits per heavy atom. The molecule has 0 spiro atoms. The Labute approximate surface area is 217 Å². The number of aliphatic hydroxyl groups is 1. The lowest BCUT2D eigenvalue weighted by molar-refractivity contribution is -0.0182. The summed E-state index contributed by atoms with van der Waals surface area (Å²) in [5.41, 5.74) is 2.25. The van der Waals surface area contributed by atoms with Crippen LogP contribution in [0.4, 0.5) is 0 Å². The Hall–Kier alpha value is -2.74. The fourth-order valence-electron chi connectivity index (χ4n) is 5.58. The number of likely N-dealkylation sites (tertiary alicyclic amines) is 1. The molecule has 0 unspecified atom stereocenters. The minimum absolute atomic E-state index is 0.0327. The number of halogens is 1. The fraction of sp³-hybridized carbons (Fsp3) is 0.464. The molecule has 5 rings (SSSR count). The second kappa shape index (κ2) is 11.5. The molecule has 2 aromatic carbocycles. The molecular weight excluding hydrogens is 476 g/mol. The number of esters is 1. The number of β-amino-alcohol motifs (C(OH)–C–C–N with tert-alkyl or cyclic N) is 1. The number of hydrogen-bond donors (Lipinski definition) is 1. The van der Waals surface area contributed by atoms with Crippen LogP contribution in [0.2, 0.25) is 5.02 Å². The Balaban J connectivity index is 1.29. The van der Waals surface area contributed by atoms with Crippen LogP contribution in [0.1, 0.15) is 72.2 Å². The number of ether oxygens (including phenoxy) is 1. The second-order valence-corrected chi connectivity index (χ2v) is 10.5. The second-order valence-electron chi connectivity index (χ2n) is 10.0. The normalized spacial score (nSPS) is 23.4. The van der Waals surface area contributed by atoms with Gasteiger partial charge >= 0.3 is 5.97 Å². The molecule has 1 saturated carbocycles. The summed E-state index contributed by atoms with van der Waals surface area (Å²) in [5, 5.41) is 20.4. The van der Waals surface area contributed by atoms with Gasteiger partial charge in [-0.1, -0.05) is 66.4 Å². The fourth-order valence-corrected chi connectivity index (χ4v) is 5.71. The van der Waals surface area contributed by atoms with E-state index in [-0.39, 0.29) is 18.7 Å². The van der Waals surface area contributed by atoms with Crippen molar-refractivity contribution in [3.63, 3.8) is 0 Å². The molecule has 7 nitrogen and oxygen atoms in total. The molecule has 2 aliphatic rings. The summed E-state index contributed by atoms with van der Waals surface area (Å²) in [6, 6.07) is 16.9. The maximum Gasteiger partial charge on any atom is 0.338 e. The molecule has 3 atom stereocenters. The maximum atomic E-state index is 12.3. The molecule has 1 N–H and O–H groups in total. The Morgan fingerprint density at radius 1 is 1.06 bits per heavy atom. The summed E-state index contributed by atoms with van der Waals surface area (Å²) in [7, 11) is 0. The highest BCUT2D eigenvalue weighted by atomic mass is 35.5. The van der Waals surface area contributed by atoms with E-state index >= 15 is 0 Å². The van der Waals surface area contributed by atoms with E-state index in [9.17, 15) is 9.90 Å². The quantitative estimate of drug-likeness (QED) is 0.441. The van der Waals surface area contributed by atoms with Gasteiger partial charge in [0.1, 0.15) is 12.3 Å². The summed E-state index contributed by atoms with van der Waals surface area (Å²) in [6.07, 6.45) is 8.37. The van der Waals surface area contributed by atoms with Gasteiger partial charge in [-0.2, -0.15) is 0 Å². The van der Waals surface area contributed by atoms with Crippen LogP contribution in [-0.2, 0) is 11.3 Å². The van der Waals surface area contributed by atoms with E-state index in [0.29, 0.717) is 30.1 Å². The summed E-state index contributed by atoms with van der Waals surface area (Å²) in [4.78, 5) is 14.7. The Bertz CT molecular complexity index is 1130. The largest absolute Gasteiger partial charge is 0.455 e. The number of hydrogen-bond acceptors (Lipinski definition) is 6. The molecule has 0 radical (unpaired) electrons. The highest BCUT2D eigenvalue weighted by molar-refractivity contribution is 6.30. The number of piperidine rings is 1. The van der Waals surface area contributed by atoms with E-state index in [2.05, 4.69) is 27.3 Å². The SMILES string of the molecule is O=C(OCc1cn([C@H]2C[C@H](c3ccc(Cl)cc3)N(CC3CCCCC3)C[C@@H]2O)nn1)c1ccccc1. The summed E-state index contributed by atoms with van der Waals surface area (Å²) >= 11 is 6.17. The molecule has 1 saturated heterocycles. The van der Waals surface area contributed by atoms with Crippen molar-refractivity contribution in [3.05, 3.63) is 82.6 Å². The third-order valence-electron chi connectivity index (χ3n) is 7.50. The molecule has 8 heteroatoms. The Morgan fingerprint density at radius 3 is 2.56 bits per heavy atom. The zero-order chi connectivity index (χ0) is 24.9. The van der Waals surface area contributed by atoms with Gasteiger partial charge in [-0.15, -0.1) is 5.10 Å². The average Bonchev–Trinajstić information content (AvgIpc) is 3.38. The van der Waals surface area contributed by atoms with Gasteiger partial charge in [0.15, 0.2) is 0 Å². The average molecular weight is 509 g/mol. The number of carbonyl (C=O) groups is 1. The number of benzene rings is 2. The molecule has 36 heavy (non-hydrogen) atoms. The van der Waals surface area contributed by atoms with Crippen molar-refractivity contribution in [2.24, 2.45) is 5.92 Å². The van der Waals surface area contributed by atoms with Crippen molar-refractivity contribution in [1.82, 2.24) is 19.9 Å². The molecule has 1 aromatic heterocycles. The third kappa shape index (κ3) is 5.97. The summed E-state index contributed by atoms with van der Waals surface area (Å²) < 4.78 is 7.14. The van der Waals surface area contributed by atoms with Crippen molar-refractivity contribution in [3.8, 4) is 0 Å². The first-order chi connectivity index (χ1) is 17.6. The number of carbonyl (C=O) groups excluding carboxylic acids is 1. The van der Waals surface area contributed by atoms with Gasteiger partial charge in [-0.25, -0.2) is 9.48 Å². The van der Waals surface area contributed by atoms with Crippen molar-refractivity contribution in [2.45, 2.75) is 63.3 Å². The number of nitrogens with zero attached hydrogens (tertiary/aromatic N) is 4. The van der Waals surface area contributed by atoms with Gasteiger partial charge in [0.25, 0.3) is 0 Å². The van der Waals surface area contributed by atoms with Crippen LogP contribution in [0.3, 0.4) is 0 Å². The van der Waals surface area contributed by atoms with Crippen LogP contribution in [-0.4, -0.2) is 50.2 Å². The minimum atomic E-state index is -0.571. The molecule has 190 valence electrons. The van der Waals surface area contributed by atoms with E-state index in [1.54, 1.807) is 35.1 Å². The lowest BCUT2D eigenvalue weighted by Gasteiger charge is -2.44. The zero-order valence-electron chi connectivity index (χ0n) is 20.4. The van der Waals surface area contributed by atoms with Crippen LogP contribution in [0.5, 0.6) is 0 Å². The van der Waals surface area contributed by atoms with Crippen LogP contribution in [0, 0.1) is 5.92 Å². The molecule has 3 aromatic rings. The van der Waals surface area contributed by atoms with Crippen LogP contribution in [0.15, 0.2) is 60.8 Å². The third-order valence-corrected chi connectivity index (χ3v) is 7.75. The molecule has 0 bridgehead atoms. The maximum absolute atomic E-state index is 12.3. The highest BCUT2D eigenvalue weighted by Crippen LogP contribution is 2.39. The molecular formula is C28H33ClN4O3. The molecule has 1 aliphatic heterocycles. The van der Waals surface area contributed by atoms with E-state index in [4.69, 9.17) is 16.3 Å². The van der Waals surface area contributed by atoms with Gasteiger partial charge in [0, 0.05) is 24.2 Å². The van der Waals surface area contributed by atoms with Gasteiger partial charge in [-0.3, -0.25) is 4.90 Å².